The first kappa shape index (κ1) is 18.3. The van der Waals surface area contributed by atoms with Crippen LogP contribution in [0, 0.1) is 0 Å². The average molecular weight is 382 g/mol. The topological polar surface area (TPSA) is 96.0 Å². The number of carbonyl (C=O) groups is 2. The monoisotopic (exact) mass is 381 g/mol. The molecule has 0 bridgehead atoms. The second kappa shape index (κ2) is 8.29. The van der Waals surface area contributed by atoms with Crippen molar-refractivity contribution in [2.24, 2.45) is 0 Å². The normalized spacial score (nSPS) is 10.1. The summed E-state index contributed by atoms with van der Waals surface area (Å²) in [7, 11) is 0. The summed E-state index contributed by atoms with van der Waals surface area (Å²) in [5, 5.41) is 9.12. The van der Waals surface area contributed by atoms with Gasteiger partial charge in [-0.05, 0) is 42.5 Å². The molecule has 0 saturated carbocycles. The van der Waals surface area contributed by atoms with Gasteiger partial charge in [0.15, 0.2) is 0 Å². The van der Waals surface area contributed by atoms with E-state index in [4.69, 9.17) is 11.6 Å². The Morgan fingerprint density at radius 1 is 0.889 bits per heavy atom. The molecule has 3 N–H and O–H groups in total. The molecule has 8 heteroatoms. The molecular formula is C19H16ClN5O2. The molecule has 0 aliphatic heterocycles. The molecule has 3 rings (SSSR count). The molecule has 2 amide bonds. The molecule has 136 valence electrons. The lowest BCUT2D eigenvalue weighted by molar-refractivity contribution is -0.114. The Hall–Kier alpha value is -3.45. The van der Waals surface area contributed by atoms with Crippen LogP contribution >= 0.6 is 11.6 Å². The minimum atomic E-state index is -0.366. The lowest BCUT2D eigenvalue weighted by atomic mass is 10.2. The number of nitrogens with zero attached hydrogens (tertiary/aromatic N) is 2. The van der Waals surface area contributed by atoms with Crippen LogP contribution in [0.1, 0.15) is 17.4 Å². The van der Waals surface area contributed by atoms with Crippen molar-refractivity contribution in [1.29, 1.82) is 0 Å². The smallest absolute Gasteiger partial charge is 0.274 e. The van der Waals surface area contributed by atoms with Gasteiger partial charge < -0.3 is 16.0 Å². The van der Waals surface area contributed by atoms with Crippen LogP contribution in [0.5, 0.6) is 0 Å². The number of rotatable bonds is 5. The predicted octanol–water partition coefficient (Wildman–Crippen LogP) is 4.08. The molecule has 2 aromatic carbocycles. The lowest BCUT2D eigenvalue weighted by Crippen LogP contribution is -2.14. The molecule has 0 unspecified atom stereocenters. The molecular weight excluding hydrogens is 366 g/mol. The summed E-state index contributed by atoms with van der Waals surface area (Å²) < 4.78 is 0. The first-order valence-electron chi connectivity index (χ1n) is 8.03. The molecule has 0 spiro atoms. The van der Waals surface area contributed by atoms with Crippen molar-refractivity contribution in [2.45, 2.75) is 6.92 Å². The second-order valence-corrected chi connectivity index (χ2v) is 6.07. The highest BCUT2D eigenvalue weighted by Gasteiger charge is 2.10. The largest absolute Gasteiger partial charge is 0.340 e. The Morgan fingerprint density at radius 2 is 1.63 bits per heavy atom. The first-order chi connectivity index (χ1) is 13.0. The van der Waals surface area contributed by atoms with Gasteiger partial charge in [-0.3, -0.25) is 9.59 Å². The van der Waals surface area contributed by atoms with E-state index in [9.17, 15) is 9.59 Å². The van der Waals surface area contributed by atoms with Gasteiger partial charge in [0.1, 0.15) is 17.8 Å². The Kier molecular flexibility index (Phi) is 5.63. The van der Waals surface area contributed by atoms with Crippen LogP contribution in [0.4, 0.5) is 22.9 Å². The molecule has 3 aromatic rings. The maximum atomic E-state index is 12.4. The number of halogens is 1. The minimum Gasteiger partial charge on any atom is -0.340 e. The van der Waals surface area contributed by atoms with Crippen LogP contribution in [0.25, 0.3) is 0 Å². The van der Waals surface area contributed by atoms with Crippen molar-refractivity contribution < 1.29 is 9.59 Å². The van der Waals surface area contributed by atoms with Gasteiger partial charge in [-0.25, -0.2) is 9.97 Å². The maximum Gasteiger partial charge on any atom is 0.274 e. The van der Waals surface area contributed by atoms with E-state index in [2.05, 4.69) is 25.9 Å². The molecule has 0 atom stereocenters. The standard InChI is InChI=1S/C19H16ClN5O2/c1-12(26)23-15-3-2-4-16(9-15)24-18-10-17(21-11-22-18)19(27)25-14-7-5-13(20)6-8-14/h2-11H,1H3,(H,23,26)(H,25,27)(H,21,22,24). The van der Waals surface area contributed by atoms with Gasteiger partial charge in [-0.2, -0.15) is 0 Å². The summed E-state index contributed by atoms with van der Waals surface area (Å²) in [4.78, 5) is 31.7. The number of nitrogens with one attached hydrogen (secondary N) is 3. The van der Waals surface area contributed by atoms with Crippen molar-refractivity contribution in [3.8, 4) is 0 Å². The van der Waals surface area contributed by atoms with Gasteiger partial charge in [-0.1, -0.05) is 17.7 Å². The summed E-state index contributed by atoms with van der Waals surface area (Å²) in [6.07, 6.45) is 1.30. The van der Waals surface area contributed by atoms with Crippen LogP contribution in [0.3, 0.4) is 0 Å². The fourth-order valence-electron chi connectivity index (χ4n) is 2.30. The third-order valence-corrected chi connectivity index (χ3v) is 3.71. The summed E-state index contributed by atoms with van der Waals surface area (Å²) in [6.45, 7) is 1.44. The number of benzene rings is 2. The van der Waals surface area contributed by atoms with Crippen molar-refractivity contribution in [3.05, 3.63) is 71.6 Å². The van der Waals surface area contributed by atoms with E-state index in [1.165, 1.54) is 19.3 Å². The Balaban J connectivity index is 1.72. The van der Waals surface area contributed by atoms with Gasteiger partial charge in [0.2, 0.25) is 5.91 Å². The Labute approximate surface area is 160 Å². The fourth-order valence-corrected chi connectivity index (χ4v) is 2.43. The van der Waals surface area contributed by atoms with E-state index >= 15 is 0 Å². The van der Waals surface area contributed by atoms with E-state index in [1.807, 2.05) is 6.07 Å². The highest BCUT2D eigenvalue weighted by Crippen LogP contribution is 2.20. The molecule has 27 heavy (non-hydrogen) atoms. The van der Waals surface area contributed by atoms with Gasteiger partial charge in [-0.15, -0.1) is 0 Å². The number of aromatic nitrogens is 2. The van der Waals surface area contributed by atoms with Crippen LogP contribution < -0.4 is 16.0 Å². The van der Waals surface area contributed by atoms with Gasteiger partial charge in [0, 0.05) is 35.1 Å². The van der Waals surface area contributed by atoms with Crippen molar-refractivity contribution >= 4 is 46.3 Å². The third kappa shape index (κ3) is 5.26. The number of amides is 2. The fraction of sp³-hybridized carbons (Fsp3) is 0.0526. The zero-order valence-electron chi connectivity index (χ0n) is 14.4. The molecule has 1 aromatic heterocycles. The van der Waals surface area contributed by atoms with E-state index in [-0.39, 0.29) is 17.5 Å². The Bertz CT molecular complexity index is 976. The van der Waals surface area contributed by atoms with Gasteiger partial charge in [0.05, 0.1) is 0 Å². The Morgan fingerprint density at radius 3 is 2.37 bits per heavy atom. The first-order valence-corrected chi connectivity index (χ1v) is 8.41. The zero-order valence-corrected chi connectivity index (χ0v) is 15.1. The molecule has 0 saturated heterocycles. The molecule has 0 fully saturated rings. The maximum absolute atomic E-state index is 12.4. The quantitative estimate of drug-likeness (QED) is 0.618. The summed E-state index contributed by atoms with van der Waals surface area (Å²) in [6, 6.07) is 15.5. The summed E-state index contributed by atoms with van der Waals surface area (Å²) >= 11 is 5.84. The number of anilines is 4. The van der Waals surface area contributed by atoms with Crippen molar-refractivity contribution in [3.63, 3.8) is 0 Å². The minimum absolute atomic E-state index is 0.157. The molecule has 7 nitrogen and oxygen atoms in total. The third-order valence-electron chi connectivity index (χ3n) is 3.46. The van der Waals surface area contributed by atoms with Crippen LogP contribution in [-0.4, -0.2) is 21.8 Å². The van der Waals surface area contributed by atoms with E-state index in [1.54, 1.807) is 42.5 Å². The number of hydrogen-bond acceptors (Lipinski definition) is 5. The van der Waals surface area contributed by atoms with Crippen molar-refractivity contribution in [1.82, 2.24) is 9.97 Å². The van der Waals surface area contributed by atoms with E-state index in [0.29, 0.717) is 27.9 Å². The predicted molar refractivity (Wildman–Crippen MR) is 105 cm³/mol. The average Bonchev–Trinajstić information content (AvgIpc) is 2.63. The van der Waals surface area contributed by atoms with Crippen LogP contribution in [0.15, 0.2) is 60.9 Å². The number of hydrogen-bond donors (Lipinski definition) is 3. The van der Waals surface area contributed by atoms with Crippen LogP contribution in [-0.2, 0) is 4.79 Å². The summed E-state index contributed by atoms with van der Waals surface area (Å²) in [5.74, 6) is -0.0728. The molecule has 1 heterocycles. The van der Waals surface area contributed by atoms with Gasteiger partial charge in [0.25, 0.3) is 5.91 Å². The highest BCUT2D eigenvalue weighted by atomic mass is 35.5. The van der Waals surface area contributed by atoms with Crippen molar-refractivity contribution in [2.75, 3.05) is 16.0 Å². The highest BCUT2D eigenvalue weighted by molar-refractivity contribution is 6.30. The van der Waals surface area contributed by atoms with E-state index < -0.39 is 0 Å². The zero-order chi connectivity index (χ0) is 19.2. The number of carbonyl (C=O) groups excluding carboxylic acids is 2. The second-order valence-electron chi connectivity index (χ2n) is 5.64. The molecule has 0 radical (unpaired) electrons. The van der Waals surface area contributed by atoms with E-state index in [0.717, 1.165) is 0 Å². The lowest BCUT2D eigenvalue weighted by Gasteiger charge is -2.09. The SMILES string of the molecule is CC(=O)Nc1cccc(Nc2cc(C(=O)Nc3ccc(Cl)cc3)ncn2)c1. The van der Waals surface area contributed by atoms with Gasteiger partial charge >= 0.3 is 0 Å². The molecule has 0 aliphatic rings. The summed E-state index contributed by atoms with van der Waals surface area (Å²) in [5.41, 5.74) is 2.19. The molecule has 0 aliphatic carbocycles. The van der Waals surface area contributed by atoms with Crippen LogP contribution in [0.2, 0.25) is 5.02 Å².